The SMILES string of the molecule is Cl.Cl.Fc1ccccc1[C@H](C1CCCC1)N1CCNCC1. The van der Waals surface area contributed by atoms with Crippen molar-refractivity contribution in [2.45, 2.75) is 31.7 Å². The van der Waals surface area contributed by atoms with Gasteiger partial charge in [0.2, 0.25) is 0 Å². The largest absolute Gasteiger partial charge is 0.314 e. The van der Waals surface area contributed by atoms with E-state index in [0.717, 1.165) is 31.7 Å². The van der Waals surface area contributed by atoms with Gasteiger partial charge in [-0.05, 0) is 24.8 Å². The van der Waals surface area contributed by atoms with Gasteiger partial charge in [0.15, 0.2) is 0 Å². The Hall–Kier alpha value is -0.350. The summed E-state index contributed by atoms with van der Waals surface area (Å²) in [6.45, 7) is 4.13. The molecular weight excluding hydrogens is 310 g/mol. The fraction of sp³-hybridized carbons (Fsp3) is 0.625. The van der Waals surface area contributed by atoms with E-state index in [1.165, 1.54) is 25.7 Å². The monoisotopic (exact) mass is 334 g/mol. The molecule has 1 N–H and O–H groups in total. The topological polar surface area (TPSA) is 15.3 Å². The molecule has 1 saturated carbocycles. The molecule has 2 fully saturated rings. The molecule has 0 unspecified atom stereocenters. The second-order valence-electron chi connectivity index (χ2n) is 5.80. The molecule has 2 aliphatic rings. The molecule has 1 atom stereocenters. The Kier molecular flexibility index (Phi) is 7.96. The average Bonchev–Trinajstić information content (AvgIpc) is 2.96. The van der Waals surface area contributed by atoms with E-state index in [4.69, 9.17) is 0 Å². The highest BCUT2D eigenvalue weighted by Gasteiger charge is 2.33. The highest BCUT2D eigenvalue weighted by Crippen LogP contribution is 2.40. The van der Waals surface area contributed by atoms with Crippen molar-refractivity contribution in [1.29, 1.82) is 0 Å². The summed E-state index contributed by atoms with van der Waals surface area (Å²) in [6, 6.07) is 7.65. The Morgan fingerprint density at radius 3 is 2.29 bits per heavy atom. The lowest BCUT2D eigenvalue weighted by Gasteiger charge is -2.38. The Balaban J connectivity index is 0.00000110. The van der Waals surface area contributed by atoms with Gasteiger partial charge < -0.3 is 5.32 Å². The Morgan fingerprint density at radius 2 is 1.67 bits per heavy atom. The third-order valence-corrected chi connectivity index (χ3v) is 4.62. The molecule has 1 aromatic rings. The van der Waals surface area contributed by atoms with Crippen LogP contribution in [0.1, 0.15) is 37.3 Å². The molecule has 1 aliphatic heterocycles. The Morgan fingerprint density at radius 1 is 1.05 bits per heavy atom. The number of hydrogen-bond acceptors (Lipinski definition) is 2. The van der Waals surface area contributed by atoms with Crippen LogP contribution in [0.5, 0.6) is 0 Å². The van der Waals surface area contributed by atoms with Crippen LogP contribution in [0, 0.1) is 11.7 Å². The van der Waals surface area contributed by atoms with E-state index < -0.39 is 0 Å². The molecule has 120 valence electrons. The first-order valence-electron chi connectivity index (χ1n) is 7.55. The minimum Gasteiger partial charge on any atom is -0.314 e. The number of rotatable bonds is 3. The number of hydrogen-bond donors (Lipinski definition) is 1. The molecule has 0 amide bonds. The van der Waals surface area contributed by atoms with Gasteiger partial charge in [0.25, 0.3) is 0 Å². The van der Waals surface area contributed by atoms with Gasteiger partial charge in [-0.1, -0.05) is 31.0 Å². The summed E-state index contributed by atoms with van der Waals surface area (Å²) in [5.74, 6) is 0.605. The molecule has 0 aromatic heterocycles. The maximum Gasteiger partial charge on any atom is 0.127 e. The summed E-state index contributed by atoms with van der Waals surface area (Å²) in [5, 5.41) is 3.39. The first-order valence-corrected chi connectivity index (χ1v) is 7.55. The zero-order valence-electron chi connectivity index (χ0n) is 12.3. The minimum atomic E-state index is -0.0297. The van der Waals surface area contributed by atoms with Gasteiger partial charge in [-0.3, -0.25) is 4.90 Å². The first-order chi connectivity index (χ1) is 9.36. The van der Waals surface area contributed by atoms with E-state index in [0.29, 0.717) is 5.92 Å². The lowest BCUT2D eigenvalue weighted by atomic mass is 9.89. The van der Waals surface area contributed by atoms with Crippen LogP contribution in [-0.2, 0) is 0 Å². The molecule has 1 aromatic carbocycles. The second kappa shape index (κ2) is 8.94. The molecular formula is C16H25Cl2FN2. The molecule has 0 radical (unpaired) electrons. The van der Waals surface area contributed by atoms with E-state index in [1.807, 2.05) is 12.1 Å². The Bertz CT molecular complexity index is 418. The maximum absolute atomic E-state index is 14.2. The van der Waals surface area contributed by atoms with E-state index in [1.54, 1.807) is 12.1 Å². The van der Waals surface area contributed by atoms with Gasteiger partial charge in [0, 0.05) is 37.8 Å². The van der Waals surface area contributed by atoms with Crippen molar-refractivity contribution in [3.05, 3.63) is 35.6 Å². The lowest BCUT2D eigenvalue weighted by molar-refractivity contribution is 0.122. The lowest BCUT2D eigenvalue weighted by Crippen LogP contribution is -2.46. The summed E-state index contributed by atoms with van der Waals surface area (Å²) in [4.78, 5) is 2.49. The van der Waals surface area contributed by atoms with Gasteiger partial charge in [-0.15, -0.1) is 24.8 Å². The van der Waals surface area contributed by atoms with Crippen LogP contribution in [0.4, 0.5) is 4.39 Å². The number of halogens is 3. The second-order valence-corrected chi connectivity index (χ2v) is 5.80. The van der Waals surface area contributed by atoms with Gasteiger partial charge in [-0.25, -0.2) is 4.39 Å². The quantitative estimate of drug-likeness (QED) is 0.904. The molecule has 21 heavy (non-hydrogen) atoms. The molecule has 1 heterocycles. The first kappa shape index (κ1) is 18.7. The number of piperazine rings is 1. The predicted molar refractivity (Wildman–Crippen MR) is 90.0 cm³/mol. The Labute approximate surface area is 139 Å². The normalized spacial score (nSPS) is 21.4. The minimum absolute atomic E-state index is 0. The highest BCUT2D eigenvalue weighted by atomic mass is 35.5. The van der Waals surface area contributed by atoms with Crippen molar-refractivity contribution in [2.75, 3.05) is 26.2 Å². The zero-order valence-corrected chi connectivity index (χ0v) is 13.9. The number of benzene rings is 1. The van der Waals surface area contributed by atoms with Crippen molar-refractivity contribution < 1.29 is 4.39 Å². The van der Waals surface area contributed by atoms with Crippen LogP contribution >= 0.6 is 24.8 Å². The summed E-state index contributed by atoms with van der Waals surface area (Å²) in [6.07, 6.45) is 5.12. The van der Waals surface area contributed by atoms with E-state index in [-0.39, 0.29) is 36.7 Å². The van der Waals surface area contributed by atoms with Gasteiger partial charge in [0.1, 0.15) is 5.82 Å². The van der Waals surface area contributed by atoms with Crippen LogP contribution in [0.3, 0.4) is 0 Å². The number of nitrogens with zero attached hydrogens (tertiary/aromatic N) is 1. The summed E-state index contributed by atoms with van der Waals surface area (Å²) in [7, 11) is 0. The fourth-order valence-corrected chi connectivity index (χ4v) is 3.70. The van der Waals surface area contributed by atoms with E-state index >= 15 is 0 Å². The average molecular weight is 335 g/mol. The molecule has 0 spiro atoms. The van der Waals surface area contributed by atoms with Crippen molar-refractivity contribution in [3.8, 4) is 0 Å². The van der Waals surface area contributed by atoms with Gasteiger partial charge in [-0.2, -0.15) is 0 Å². The van der Waals surface area contributed by atoms with Gasteiger partial charge >= 0.3 is 0 Å². The molecule has 1 saturated heterocycles. The van der Waals surface area contributed by atoms with Gasteiger partial charge in [0.05, 0.1) is 0 Å². The van der Waals surface area contributed by atoms with Crippen molar-refractivity contribution >= 4 is 24.8 Å². The summed E-state index contributed by atoms with van der Waals surface area (Å²) in [5.41, 5.74) is 0.913. The molecule has 2 nitrogen and oxygen atoms in total. The van der Waals surface area contributed by atoms with Crippen molar-refractivity contribution in [1.82, 2.24) is 10.2 Å². The van der Waals surface area contributed by atoms with Crippen LogP contribution in [0.25, 0.3) is 0 Å². The van der Waals surface area contributed by atoms with Crippen molar-refractivity contribution in [3.63, 3.8) is 0 Å². The maximum atomic E-state index is 14.2. The third-order valence-electron chi connectivity index (χ3n) is 4.62. The van der Waals surface area contributed by atoms with E-state index in [9.17, 15) is 4.39 Å². The number of nitrogens with one attached hydrogen (secondary N) is 1. The molecule has 5 heteroatoms. The summed E-state index contributed by atoms with van der Waals surface area (Å²) < 4.78 is 14.2. The third kappa shape index (κ3) is 4.32. The van der Waals surface area contributed by atoms with Crippen LogP contribution < -0.4 is 5.32 Å². The van der Waals surface area contributed by atoms with Crippen LogP contribution in [-0.4, -0.2) is 31.1 Å². The van der Waals surface area contributed by atoms with Crippen LogP contribution in [0.2, 0.25) is 0 Å². The predicted octanol–water partition coefficient (Wildman–Crippen LogP) is 3.81. The summed E-state index contributed by atoms with van der Waals surface area (Å²) >= 11 is 0. The smallest absolute Gasteiger partial charge is 0.127 e. The highest BCUT2D eigenvalue weighted by molar-refractivity contribution is 5.85. The van der Waals surface area contributed by atoms with E-state index in [2.05, 4.69) is 10.2 Å². The van der Waals surface area contributed by atoms with Crippen molar-refractivity contribution in [2.24, 2.45) is 5.92 Å². The molecule has 1 aliphatic carbocycles. The standard InChI is InChI=1S/C16H23FN2.2ClH/c17-15-8-4-3-7-14(15)16(13-5-1-2-6-13)19-11-9-18-10-12-19;;/h3-4,7-8,13,16,18H,1-2,5-6,9-12H2;2*1H/t16-;;/m0../s1. The molecule has 3 rings (SSSR count). The zero-order chi connectivity index (χ0) is 13.1. The molecule has 0 bridgehead atoms. The van der Waals surface area contributed by atoms with Crippen LogP contribution in [0.15, 0.2) is 24.3 Å². The fourth-order valence-electron chi connectivity index (χ4n) is 3.70.